The molecule has 6 aromatic carbocycles. The van der Waals surface area contributed by atoms with Crippen molar-refractivity contribution in [3.63, 3.8) is 0 Å². The summed E-state index contributed by atoms with van der Waals surface area (Å²) in [5, 5.41) is 16.7. The SMILES string of the molecule is N#Cc1ccc2c(c1)c1cc(-c3c4ccccc4c(-c4cccnc4)c4ccccc34)ccc1n2-c1ccccc1. The van der Waals surface area contributed by atoms with Gasteiger partial charge >= 0.3 is 0 Å². The zero-order chi connectivity index (χ0) is 27.3. The predicted molar refractivity (Wildman–Crippen MR) is 169 cm³/mol. The Morgan fingerprint density at radius 1 is 0.512 bits per heavy atom. The normalized spacial score (nSPS) is 11.4. The molecule has 41 heavy (non-hydrogen) atoms. The molecule has 190 valence electrons. The third-order valence-electron chi connectivity index (χ3n) is 8.08. The number of hydrogen-bond acceptors (Lipinski definition) is 2. The van der Waals surface area contributed by atoms with Crippen LogP contribution in [0.2, 0.25) is 0 Å². The van der Waals surface area contributed by atoms with Gasteiger partial charge in [-0.25, -0.2) is 0 Å². The highest BCUT2D eigenvalue weighted by Gasteiger charge is 2.19. The van der Waals surface area contributed by atoms with E-state index in [1.807, 2.05) is 36.7 Å². The van der Waals surface area contributed by atoms with Crippen LogP contribution >= 0.6 is 0 Å². The van der Waals surface area contributed by atoms with E-state index in [4.69, 9.17) is 0 Å². The van der Waals surface area contributed by atoms with Crippen LogP contribution in [-0.2, 0) is 0 Å². The summed E-state index contributed by atoms with van der Waals surface area (Å²) in [5.74, 6) is 0. The van der Waals surface area contributed by atoms with E-state index >= 15 is 0 Å². The van der Waals surface area contributed by atoms with Gasteiger partial charge in [0, 0.05) is 34.4 Å². The third kappa shape index (κ3) is 3.55. The van der Waals surface area contributed by atoms with E-state index in [1.54, 1.807) is 0 Å². The Morgan fingerprint density at radius 2 is 1.10 bits per heavy atom. The minimum Gasteiger partial charge on any atom is -0.309 e. The van der Waals surface area contributed by atoms with Crippen LogP contribution < -0.4 is 0 Å². The Bertz CT molecular complexity index is 2250. The van der Waals surface area contributed by atoms with Gasteiger partial charge in [-0.05, 0) is 86.8 Å². The lowest BCUT2D eigenvalue weighted by molar-refractivity contribution is 1.18. The van der Waals surface area contributed by atoms with Gasteiger partial charge in [0.2, 0.25) is 0 Å². The van der Waals surface area contributed by atoms with E-state index in [9.17, 15) is 5.26 Å². The molecule has 0 aliphatic heterocycles. The van der Waals surface area contributed by atoms with Crippen molar-refractivity contribution in [2.45, 2.75) is 0 Å². The van der Waals surface area contributed by atoms with Crippen LogP contribution in [0.1, 0.15) is 5.56 Å². The molecule has 0 saturated carbocycles. The van der Waals surface area contributed by atoms with Gasteiger partial charge < -0.3 is 4.57 Å². The van der Waals surface area contributed by atoms with Gasteiger partial charge in [-0.2, -0.15) is 5.26 Å². The summed E-state index contributed by atoms with van der Waals surface area (Å²) in [5.41, 5.74) is 8.63. The molecule has 0 aliphatic rings. The first-order valence-corrected chi connectivity index (χ1v) is 13.7. The van der Waals surface area contributed by atoms with E-state index < -0.39 is 0 Å². The van der Waals surface area contributed by atoms with Gasteiger partial charge in [-0.1, -0.05) is 78.9 Å². The fourth-order valence-electron chi connectivity index (χ4n) is 6.36. The number of fused-ring (bicyclic) bond motifs is 5. The first kappa shape index (κ1) is 23.2. The second kappa shape index (κ2) is 9.19. The second-order valence-corrected chi connectivity index (χ2v) is 10.3. The van der Waals surface area contributed by atoms with Crippen LogP contribution in [-0.4, -0.2) is 9.55 Å². The summed E-state index contributed by atoms with van der Waals surface area (Å²) in [6.45, 7) is 0. The van der Waals surface area contributed by atoms with E-state index in [2.05, 4.69) is 119 Å². The second-order valence-electron chi connectivity index (χ2n) is 10.3. The van der Waals surface area contributed by atoms with Gasteiger partial charge in [-0.3, -0.25) is 4.98 Å². The van der Waals surface area contributed by atoms with Crippen molar-refractivity contribution in [1.82, 2.24) is 9.55 Å². The summed E-state index contributed by atoms with van der Waals surface area (Å²) < 4.78 is 2.29. The number of nitriles is 1. The molecule has 0 amide bonds. The molecule has 8 rings (SSSR count). The van der Waals surface area contributed by atoms with Crippen molar-refractivity contribution < 1.29 is 0 Å². The molecular formula is C38H23N3. The highest BCUT2D eigenvalue weighted by Crippen LogP contribution is 2.44. The van der Waals surface area contributed by atoms with Crippen LogP contribution in [0.3, 0.4) is 0 Å². The minimum absolute atomic E-state index is 0.659. The number of aromatic nitrogens is 2. The summed E-state index contributed by atoms with van der Waals surface area (Å²) >= 11 is 0. The lowest BCUT2D eigenvalue weighted by Gasteiger charge is -2.17. The lowest BCUT2D eigenvalue weighted by Crippen LogP contribution is -1.93. The molecule has 0 N–H and O–H groups in total. The van der Waals surface area contributed by atoms with E-state index in [0.29, 0.717) is 5.56 Å². The van der Waals surface area contributed by atoms with Crippen molar-refractivity contribution >= 4 is 43.4 Å². The topological polar surface area (TPSA) is 41.6 Å². The molecule has 2 aromatic heterocycles. The Morgan fingerprint density at radius 3 is 1.71 bits per heavy atom. The van der Waals surface area contributed by atoms with Gasteiger partial charge in [-0.15, -0.1) is 0 Å². The van der Waals surface area contributed by atoms with Crippen LogP contribution in [0.15, 0.2) is 140 Å². The zero-order valence-corrected chi connectivity index (χ0v) is 22.1. The monoisotopic (exact) mass is 521 g/mol. The third-order valence-corrected chi connectivity index (χ3v) is 8.08. The Balaban J connectivity index is 1.49. The number of nitrogens with zero attached hydrogens (tertiary/aromatic N) is 3. The molecule has 0 aliphatic carbocycles. The van der Waals surface area contributed by atoms with Gasteiger partial charge in [0.25, 0.3) is 0 Å². The summed E-state index contributed by atoms with van der Waals surface area (Å²) in [7, 11) is 0. The van der Waals surface area contributed by atoms with Crippen LogP contribution in [0.4, 0.5) is 0 Å². The summed E-state index contributed by atoms with van der Waals surface area (Å²) in [6.07, 6.45) is 3.77. The lowest BCUT2D eigenvalue weighted by atomic mass is 9.86. The first-order valence-electron chi connectivity index (χ1n) is 13.7. The van der Waals surface area contributed by atoms with Gasteiger partial charge in [0.15, 0.2) is 0 Å². The number of para-hydroxylation sites is 1. The molecule has 0 spiro atoms. The van der Waals surface area contributed by atoms with Crippen LogP contribution in [0, 0.1) is 11.3 Å². The maximum absolute atomic E-state index is 9.72. The van der Waals surface area contributed by atoms with Crippen molar-refractivity contribution in [3.05, 3.63) is 145 Å². The largest absolute Gasteiger partial charge is 0.309 e. The van der Waals surface area contributed by atoms with Gasteiger partial charge in [0.1, 0.15) is 0 Å². The number of rotatable bonds is 3. The Labute approximate surface area is 237 Å². The molecule has 0 unspecified atom stereocenters. The molecule has 0 radical (unpaired) electrons. The predicted octanol–water partition coefficient (Wildman–Crippen LogP) is 9.69. The summed E-state index contributed by atoms with van der Waals surface area (Å²) in [6, 6.07) is 47.0. The fraction of sp³-hybridized carbons (Fsp3) is 0. The molecule has 0 saturated heterocycles. The van der Waals surface area contributed by atoms with Crippen molar-refractivity contribution in [1.29, 1.82) is 5.26 Å². The number of hydrogen-bond donors (Lipinski definition) is 0. The van der Waals surface area contributed by atoms with Crippen LogP contribution in [0.5, 0.6) is 0 Å². The van der Waals surface area contributed by atoms with Crippen molar-refractivity contribution in [3.8, 4) is 34.0 Å². The Hall–Kier alpha value is -5.72. The standard InChI is InChI=1S/C38H23N3/c39-23-25-16-18-35-33(21-25)34-22-26(17-19-36(34)41(35)28-10-2-1-3-11-28)37-29-12-4-6-14-31(29)38(27-9-8-20-40-24-27)32-15-7-5-13-30(32)37/h1-22,24H. The molecule has 0 atom stereocenters. The fourth-order valence-corrected chi connectivity index (χ4v) is 6.36. The van der Waals surface area contributed by atoms with Crippen molar-refractivity contribution in [2.24, 2.45) is 0 Å². The Kier molecular flexibility index (Phi) is 5.20. The molecule has 3 nitrogen and oxygen atoms in total. The number of pyridine rings is 1. The minimum atomic E-state index is 0.659. The van der Waals surface area contributed by atoms with E-state index in [-0.39, 0.29) is 0 Å². The smallest absolute Gasteiger partial charge is 0.0991 e. The molecule has 0 bridgehead atoms. The average molecular weight is 522 g/mol. The highest BCUT2D eigenvalue weighted by atomic mass is 15.0. The molecule has 3 heteroatoms. The van der Waals surface area contributed by atoms with Gasteiger partial charge in [0.05, 0.1) is 22.7 Å². The maximum Gasteiger partial charge on any atom is 0.0991 e. The molecule has 8 aromatic rings. The molecule has 0 fully saturated rings. The highest BCUT2D eigenvalue weighted by molar-refractivity contribution is 6.22. The summed E-state index contributed by atoms with van der Waals surface area (Å²) in [4.78, 5) is 4.43. The first-order chi connectivity index (χ1) is 20.3. The zero-order valence-electron chi connectivity index (χ0n) is 22.1. The molecule has 2 heterocycles. The average Bonchev–Trinajstić information content (AvgIpc) is 3.37. The van der Waals surface area contributed by atoms with E-state index in [0.717, 1.165) is 38.6 Å². The maximum atomic E-state index is 9.72. The molecular weight excluding hydrogens is 498 g/mol. The number of benzene rings is 6. The quantitative estimate of drug-likeness (QED) is 0.217. The van der Waals surface area contributed by atoms with Crippen molar-refractivity contribution in [2.75, 3.05) is 0 Å². The van der Waals surface area contributed by atoms with E-state index in [1.165, 1.54) is 32.7 Å². The van der Waals surface area contributed by atoms with Crippen LogP contribution in [0.25, 0.3) is 71.3 Å².